The minimum atomic E-state index is -1.25. The summed E-state index contributed by atoms with van der Waals surface area (Å²) in [5.74, 6) is -3.29. The number of carbonyl (C=O) groups excluding carboxylic acids is 3. The van der Waals surface area contributed by atoms with Gasteiger partial charge in [0.15, 0.2) is 0 Å². The van der Waals surface area contributed by atoms with Crippen molar-refractivity contribution in [2.45, 2.75) is 12.5 Å². The summed E-state index contributed by atoms with van der Waals surface area (Å²) in [6.45, 7) is 0. The van der Waals surface area contributed by atoms with Gasteiger partial charge in [0, 0.05) is 10.6 Å². The number of carbonyl (C=O) groups is 3. The Morgan fingerprint density at radius 1 is 1.00 bits per heavy atom. The lowest BCUT2D eigenvalue weighted by Gasteiger charge is -2.24. The number of anilines is 2. The topological polar surface area (TPSA) is 81.8 Å². The number of hydrazine groups is 1. The molecule has 3 aromatic carbocycles. The third-order valence-corrected chi connectivity index (χ3v) is 5.77. The first kappa shape index (κ1) is 24.2. The van der Waals surface area contributed by atoms with Gasteiger partial charge in [-0.1, -0.05) is 29.8 Å². The quantitative estimate of drug-likeness (QED) is 0.480. The molecule has 178 valence electrons. The Kier molecular flexibility index (Phi) is 7.04. The van der Waals surface area contributed by atoms with Crippen LogP contribution in [0.15, 0.2) is 72.8 Å². The number of nitrogens with one attached hydrogen (secondary N) is 2. The number of hydrogen-bond acceptors (Lipinski definition) is 4. The van der Waals surface area contributed by atoms with Crippen LogP contribution in [-0.2, 0) is 9.59 Å². The first-order valence-electron chi connectivity index (χ1n) is 10.3. The van der Waals surface area contributed by atoms with Gasteiger partial charge in [-0.3, -0.25) is 24.7 Å². The zero-order valence-corrected chi connectivity index (χ0v) is 19.4. The number of nitrogens with zero attached hydrogens (tertiary/aromatic N) is 2. The highest BCUT2D eigenvalue weighted by Crippen LogP contribution is 2.28. The SMILES string of the molecule is O=C(CC1C(=O)N(c2ccc(Cl)cc2)C(=S)N1NC(=O)c1cccc(F)c1)Nc1ccccc1F. The number of amides is 3. The third kappa shape index (κ3) is 5.28. The number of hydrogen-bond donors (Lipinski definition) is 2. The molecule has 35 heavy (non-hydrogen) atoms. The van der Waals surface area contributed by atoms with Crippen LogP contribution in [0.3, 0.4) is 0 Å². The fourth-order valence-corrected chi connectivity index (χ4v) is 3.96. The third-order valence-electron chi connectivity index (χ3n) is 5.13. The lowest BCUT2D eigenvalue weighted by molar-refractivity contribution is -0.124. The van der Waals surface area contributed by atoms with Crippen LogP contribution in [0.4, 0.5) is 20.2 Å². The van der Waals surface area contributed by atoms with E-state index < -0.39 is 41.8 Å². The predicted octanol–water partition coefficient (Wildman–Crippen LogP) is 4.29. The number of rotatable bonds is 6. The van der Waals surface area contributed by atoms with Crippen molar-refractivity contribution in [2.24, 2.45) is 0 Å². The Balaban J connectivity index is 1.61. The van der Waals surface area contributed by atoms with Gasteiger partial charge >= 0.3 is 0 Å². The van der Waals surface area contributed by atoms with Crippen molar-refractivity contribution < 1.29 is 23.2 Å². The highest BCUT2D eigenvalue weighted by molar-refractivity contribution is 7.80. The highest BCUT2D eigenvalue weighted by atomic mass is 35.5. The monoisotopic (exact) mass is 514 g/mol. The van der Waals surface area contributed by atoms with Crippen LogP contribution in [0, 0.1) is 11.6 Å². The standard InChI is InChI=1S/C24H17ClF2N4O3S/c25-15-8-10-17(11-9-15)30-23(34)20(13-21(32)28-19-7-2-1-6-18(19)27)31(24(30)35)29-22(33)14-4-3-5-16(26)12-14/h1-12,20H,13H2,(H,28,32)(H,29,33). The van der Waals surface area contributed by atoms with Gasteiger partial charge in [0.2, 0.25) is 11.0 Å². The first-order chi connectivity index (χ1) is 16.7. The minimum absolute atomic E-state index is 0.0141. The molecular formula is C24H17ClF2N4O3S. The van der Waals surface area contributed by atoms with Crippen molar-refractivity contribution in [2.75, 3.05) is 10.2 Å². The van der Waals surface area contributed by atoms with Gasteiger partial charge in [-0.05, 0) is 66.8 Å². The fourth-order valence-electron chi connectivity index (χ4n) is 3.47. The molecular weight excluding hydrogens is 498 g/mol. The Morgan fingerprint density at radius 2 is 1.71 bits per heavy atom. The maximum atomic E-state index is 14.0. The second kappa shape index (κ2) is 10.2. The molecule has 1 unspecified atom stereocenters. The van der Waals surface area contributed by atoms with Crippen LogP contribution in [0.1, 0.15) is 16.8 Å². The highest BCUT2D eigenvalue weighted by Gasteiger charge is 2.45. The molecule has 4 rings (SSSR count). The molecule has 11 heteroatoms. The first-order valence-corrected chi connectivity index (χ1v) is 11.1. The lowest BCUT2D eigenvalue weighted by atomic mass is 10.1. The Hall–Kier alpha value is -3.89. The number of para-hydroxylation sites is 1. The van der Waals surface area contributed by atoms with E-state index in [4.69, 9.17) is 23.8 Å². The van der Waals surface area contributed by atoms with Crippen LogP contribution < -0.4 is 15.6 Å². The van der Waals surface area contributed by atoms with Gasteiger partial charge in [-0.15, -0.1) is 0 Å². The number of thiocarbonyl (C=S) groups is 1. The van der Waals surface area contributed by atoms with E-state index in [2.05, 4.69) is 10.7 Å². The smallest absolute Gasteiger partial charge is 0.269 e. The second-order valence-corrected chi connectivity index (χ2v) is 8.30. The van der Waals surface area contributed by atoms with Crippen molar-refractivity contribution in [3.63, 3.8) is 0 Å². The number of halogens is 3. The molecule has 0 aliphatic carbocycles. The summed E-state index contributed by atoms with van der Waals surface area (Å²) in [6, 6.07) is 15.5. The van der Waals surface area contributed by atoms with Crippen LogP contribution in [0.5, 0.6) is 0 Å². The maximum absolute atomic E-state index is 14.0. The summed E-state index contributed by atoms with van der Waals surface area (Å²) in [7, 11) is 0. The minimum Gasteiger partial charge on any atom is -0.324 e. The average Bonchev–Trinajstić information content (AvgIpc) is 3.05. The van der Waals surface area contributed by atoms with Crippen molar-refractivity contribution in [1.29, 1.82) is 0 Å². The normalized spacial score (nSPS) is 15.3. The van der Waals surface area contributed by atoms with Crippen molar-refractivity contribution >= 4 is 58.0 Å². The van der Waals surface area contributed by atoms with E-state index in [0.717, 1.165) is 16.0 Å². The zero-order chi connectivity index (χ0) is 25.1. The van der Waals surface area contributed by atoms with Crippen molar-refractivity contribution in [3.8, 4) is 0 Å². The van der Waals surface area contributed by atoms with Crippen LogP contribution in [0.2, 0.25) is 5.02 Å². The van der Waals surface area contributed by atoms with E-state index >= 15 is 0 Å². The van der Waals surface area contributed by atoms with E-state index in [0.29, 0.717) is 10.7 Å². The summed E-state index contributed by atoms with van der Waals surface area (Å²) < 4.78 is 27.6. The van der Waals surface area contributed by atoms with Gasteiger partial charge in [0.05, 0.1) is 17.8 Å². The van der Waals surface area contributed by atoms with Crippen LogP contribution in [-0.4, -0.2) is 33.9 Å². The van der Waals surface area contributed by atoms with Gasteiger partial charge in [0.1, 0.15) is 17.7 Å². The summed E-state index contributed by atoms with van der Waals surface area (Å²) in [5.41, 5.74) is 2.78. The van der Waals surface area contributed by atoms with Crippen molar-refractivity contribution in [1.82, 2.24) is 10.4 Å². The van der Waals surface area contributed by atoms with E-state index in [1.54, 1.807) is 30.3 Å². The van der Waals surface area contributed by atoms with Crippen molar-refractivity contribution in [3.05, 3.63) is 95.0 Å². The molecule has 1 aliphatic rings. The summed E-state index contributed by atoms with van der Waals surface area (Å²) in [5, 5.41) is 3.81. The molecule has 0 radical (unpaired) electrons. The Morgan fingerprint density at radius 3 is 2.40 bits per heavy atom. The Bertz CT molecular complexity index is 1320. The molecule has 3 aromatic rings. The summed E-state index contributed by atoms with van der Waals surface area (Å²) in [4.78, 5) is 40.0. The van der Waals surface area contributed by atoms with Gasteiger partial charge in [-0.2, -0.15) is 0 Å². The van der Waals surface area contributed by atoms with E-state index in [1.807, 2.05) is 0 Å². The van der Waals surface area contributed by atoms with E-state index in [9.17, 15) is 23.2 Å². The molecule has 7 nitrogen and oxygen atoms in total. The molecule has 1 fully saturated rings. The molecule has 3 amide bonds. The van der Waals surface area contributed by atoms with Gasteiger partial charge in [0.25, 0.3) is 11.8 Å². The Labute approximate surface area is 209 Å². The molecule has 0 bridgehead atoms. The predicted molar refractivity (Wildman–Crippen MR) is 131 cm³/mol. The molecule has 1 saturated heterocycles. The van der Waals surface area contributed by atoms with Gasteiger partial charge in [-0.25, -0.2) is 13.8 Å². The molecule has 1 aliphatic heterocycles. The summed E-state index contributed by atoms with van der Waals surface area (Å²) >= 11 is 11.4. The fraction of sp³-hybridized carbons (Fsp3) is 0.0833. The van der Waals surface area contributed by atoms with E-state index in [-0.39, 0.29) is 16.4 Å². The second-order valence-electron chi connectivity index (χ2n) is 7.50. The molecule has 2 N–H and O–H groups in total. The molecule has 1 heterocycles. The lowest BCUT2D eigenvalue weighted by Crippen LogP contribution is -2.49. The molecule has 1 atom stereocenters. The molecule has 0 spiro atoms. The maximum Gasteiger partial charge on any atom is 0.269 e. The molecule has 0 aromatic heterocycles. The zero-order valence-electron chi connectivity index (χ0n) is 17.9. The van der Waals surface area contributed by atoms with E-state index in [1.165, 1.54) is 36.4 Å². The van der Waals surface area contributed by atoms with Crippen LogP contribution >= 0.6 is 23.8 Å². The molecule has 0 saturated carbocycles. The largest absolute Gasteiger partial charge is 0.324 e. The summed E-state index contributed by atoms with van der Waals surface area (Å²) in [6.07, 6.45) is -0.458. The average molecular weight is 515 g/mol. The van der Waals surface area contributed by atoms with Crippen LogP contribution in [0.25, 0.3) is 0 Å². The van der Waals surface area contributed by atoms with Gasteiger partial charge < -0.3 is 5.32 Å². The number of benzene rings is 3.